The molecular weight excluding hydrogens is 136 g/mol. The summed E-state index contributed by atoms with van der Waals surface area (Å²) in [7, 11) is 0. The highest BCUT2D eigenvalue weighted by molar-refractivity contribution is 6.29. The van der Waals surface area contributed by atoms with Gasteiger partial charge in [0.05, 0.1) is 0 Å². The van der Waals surface area contributed by atoms with Crippen molar-refractivity contribution < 1.29 is 0 Å². The predicted octanol–water partition coefficient (Wildman–Crippen LogP) is 1.47. The Morgan fingerprint density at radius 2 is 2.22 bits per heavy atom. The van der Waals surface area contributed by atoms with E-state index in [0.717, 1.165) is 12.1 Å². The minimum Gasteiger partial charge on any atom is -0.304 e. The molecule has 0 bridgehead atoms. The van der Waals surface area contributed by atoms with Crippen LogP contribution in [0.2, 0.25) is 0 Å². The Morgan fingerprint density at radius 1 is 1.44 bits per heavy atom. The van der Waals surface area contributed by atoms with Gasteiger partial charge in [0.2, 0.25) is 0 Å². The topological polar surface area (TPSA) is 24.1 Å². The van der Waals surface area contributed by atoms with Crippen LogP contribution in [0.5, 0.6) is 0 Å². The highest BCUT2D eigenvalue weighted by Gasteiger charge is 1.97. The molecule has 0 aromatic rings. The number of halogens is 1. The van der Waals surface area contributed by atoms with Crippen molar-refractivity contribution in [1.82, 2.24) is 10.9 Å². The van der Waals surface area contributed by atoms with Crippen molar-refractivity contribution in [2.75, 3.05) is 0 Å². The summed E-state index contributed by atoms with van der Waals surface area (Å²) in [6.07, 6.45) is 4.78. The zero-order valence-electron chi connectivity index (χ0n) is 5.24. The normalized spacial score (nSPS) is 17.1. The van der Waals surface area contributed by atoms with E-state index >= 15 is 0 Å². The first-order valence-electron chi connectivity index (χ1n) is 2.91. The van der Waals surface area contributed by atoms with Crippen LogP contribution in [0.25, 0.3) is 0 Å². The molecule has 0 atom stereocenters. The van der Waals surface area contributed by atoms with Crippen LogP contribution in [0.3, 0.4) is 0 Å². The third kappa shape index (κ3) is 1.64. The Kier molecular flexibility index (Phi) is 2.01. The minimum atomic E-state index is 0.632. The van der Waals surface area contributed by atoms with E-state index in [0.29, 0.717) is 5.16 Å². The molecule has 0 radical (unpaired) electrons. The average Bonchev–Trinajstić information content (AvgIpc) is 1.90. The van der Waals surface area contributed by atoms with Gasteiger partial charge in [0.1, 0.15) is 5.16 Å². The van der Waals surface area contributed by atoms with E-state index in [2.05, 4.69) is 17.8 Å². The van der Waals surface area contributed by atoms with E-state index in [-0.39, 0.29) is 0 Å². The van der Waals surface area contributed by atoms with Crippen molar-refractivity contribution in [3.05, 3.63) is 23.0 Å². The van der Waals surface area contributed by atoms with Crippen LogP contribution in [0.1, 0.15) is 13.3 Å². The van der Waals surface area contributed by atoms with Gasteiger partial charge in [-0.3, -0.25) is 5.43 Å². The summed E-state index contributed by atoms with van der Waals surface area (Å²) in [5.41, 5.74) is 6.87. The van der Waals surface area contributed by atoms with Gasteiger partial charge in [-0.1, -0.05) is 18.5 Å². The lowest BCUT2D eigenvalue weighted by Crippen LogP contribution is -2.30. The quantitative estimate of drug-likeness (QED) is 0.545. The smallest absolute Gasteiger partial charge is 0.120 e. The maximum absolute atomic E-state index is 5.58. The molecule has 0 aliphatic carbocycles. The maximum atomic E-state index is 5.58. The van der Waals surface area contributed by atoms with Crippen molar-refractivity contribution >= 4 is 11.6 Å². The van der Waals surface area contributed by atoms with Crippen molar-refractivity contribution in [3.8, 4) is 0 Å². The van der Waals surface area contributed by atoms with E-state index in [1.807, 2.05) is 12.2 Å². The largest absolute Gasteiger partial charge is 0.304 e. The third-order valence-corrected chi connectivity index (χ3v) is 1.37. The molecule has 0 fully saturated rings. The molecule has 0 aromatic heterocycles. The summed E-state index contributed by atoms with van der Waals surface area (Å²) >= 11 is 5.58. The molecule has 0 amide bonds. The van der Waals surface area contributed by atoms with Crippen LogP contribution in [0.4, 0.5) is 0 Å². The SMILES string of the molecule is CCC1=CC=C(Cl)NN1. The fourth-order valence-electron chi connectivity index (χ4n) is 0.603. The predicted molar refractivity (Wildman–Crippen MR) is 38.6 cm³/mol. The number of nitrogens with one attached hydrogen (secondary N) is 2. The lowest BCUT2D eigenvalue weighted by Gasteiger charge is -2.13. The van der Waals surface area contributed by atoms with E-state index < -0.39 is 0 Å². The molecule has 2 nitrogen and oxygen atoms in total. The molecule has 9 heavy (non-hydrogen) atoms. The summed E-state index contributed by atoms with van der Waals surface area (Å²) in [5, 5.41) is 0.632. The number of rotatable bonds is 1. The zero-order chi connectivity index (χ0) is 6.69. The first-order valence-corrected chi connectivity index (χ1v) is 3.29. The molecular formula is C6H9ClN2. The number of hydrazine groups is 1. The summed E-state index contributed by atoms with van der Waals surface area (Å²) in [4.78, 5) is 0. The van der Waals surface area contributed by atoms with Gasteiger partial charge in [0.25, 0.3) is 0 Å². The molecule has 0 aromatic carbocycles. The molecule has 0 saturated heterocycles. The van der Waals surface area contributed by atoms with E-state index in [9.17, 15) is 0 Å². The highest BCUT2D eigenvalue weighted by Crippen LogP contribution is 2.04. The van der Waals surface area contributed by atoms with Crippen LogP contribution in [0.15, 0.2) is 23.0 Å². The summed E-state index contributed by atoms with van der Waals surface area (Å²) in [6, 6.07) is 0. The van der Waals surface area contributed by atoms with Gasteiger partial charge in [0, 0.05) is 5.70 Å². The van der Waals surface area contributed by atoms with Crippen molar-refractivity contribution in [3.63, 3.8) is 0 Å². The minimum absolute atomic E-state index is 0.632. The molecule has 1 rings (SSSR count). The molecule has 1 heterocycles. The number of hydrogen-bond acceptors (Lipinski definition) is 2. The lowest BCUT2D eigenvalue weighted by atomic mass is 10.3. The molecule has 0 spiro atoms. The second-order valence-electron chi connectivity index (χ2n) is 1.81. The molecule has 2 N–H and O–H groups in total. The summed E-state index contributed by atoms with van der Waals surface area (Å²) in [5.74, 6) is 0. The van der Waals surface area contributed by atoms with Crippen LogP contribution in [-0.2, 0) is 0 Å². The second-order valence-corrected chi connectivity index (χ2v) is 2.22. The second kappa shape index (κ2) is 2.78. The van der Waals surface area contributed by atoms with Gasteiger partial charge in [-0.25, -0.2) is 0 Å². The van der Waals surface area contributed by atoms with Gasteiger partial charge in [-0.2, -0.15) is 0 Å². The summed E-state index contributed by atoms with van der Waals surface area (Å²) in [6.45, 7) is 2.08. The Balaban J connectivity index is 2.59. The standard InChI is InChI=1S/C6H9ClN2/c1-2-5-3-4-6(7)9-8-5/h3-4,8-9H,2H2,1H3. The molecule has 3 heteroatoms. The third-order valence-electron chi connectivity index (χ3n) is 1.15. The first-order chi connectivity index (χ1) is 4.33. The maximum Gasteiger partial charge on any atom is 0.120 e. The van der Waals surface area contributed by atoms with Crippen molar-refractivity contribution in [1.29, 1.82) is 0 Å². The average molecular weight is 145 g/mol. The Bertz CT molecular complexity index is 160. The van der Waals surface area contributed by atoms with Crippen LogP contribution >= 0.6 is 11.6 Å². The molecule has 1 aliphatic heterocycles. The summed E-state index contributed by atoms with van der Waals surface area (Å²) < 4.78 is 0. The zero-order valence-corrected chi connectivity index (χ0v) is 6.00. The van der Waals surface area contributed by atoms with Gasteiger partial charge in [-0.15, -0.1) is 0 Å². The monoisotopic (exact) mass is 144 g/mol. The van der Waals surface area contributed by atoms with Crippen LogP contribution in [-0.4, -0.2) is 0 Å². The van der Waals surface area contributed by atoms with Crippen molar-refractivity contribution in [2.45, 2.75) is 13.3 Å². The fourth-order valence-corrected chi connectivity index (χ4v) is 0.714. The van der Waals surface area contributed by atoms with Crippen LogP contribution in [0, 0.1) is 0 Å². The first kappa shape index (κ1) is 6.49. The van der Waals surface area contributed by atoms with Gasteiger partial charge >= 0.3 is 0 Å². The van der Waals surface area contributed by atoms with Gasteiger partial charge < -0.3 is 5.43 Å². The van der Waals surface area contributed by atoms with Gasteiger partial charge in [0.15, 0.2) is 0 Å². The molecule has 50 valence electrons. The van der Waals surface area contributed by atoms with Gasteiger partial charge in [-0.05, 0) is 18.6 Å². The van der Waals surface area contributed by atoms with Crippen LogP contribution < -0.4 is 10.9 Å². The number of hydrogen-bond donors (Lipinski definition) is 2. The number of allylic oxidation sites excluding steroid dienone is 3. The Morgan fingerprint density at radius 3 is 2.67 bits per heavy atom. The molecule has 0 saturated carbocycles. The molecule has 1 aliphatic rings. The van der Waals surface area contributed by atoms with E-state index in [1.165, 1.54) is 0 Å². The van der Waals surface area contributed by atoms with E-state index in [4.69, 9.17) is 11.6 Å². The van der Waals surface area contributed by atoms with E-state index in [1.54, 1.807) is 0 Å². The lowest BCUT2D eigenvalue weighted by molar-refractivity contribution is 0.680. The van der Waals surface area contributed by atoms with Crippen molar-refractivity contribution in [2.24, 2.45) is 0 Å². The Labute approximate surface area is 59.6 Å². The Hall–Kier alpha value is -0.630. The highest BCUT2D eigenvalue weighted by atomic mass is 35.5. The molecule has 0 unspecified atom stereocenters. The fraction of sp³-hybridized carbons (Fsp3) is 0.333.